The number of hydrogen-bond donors (Lipinski definition) is 0. The number of alkyl halides is 1. The van der Waals surface area contributed by atoms with Crippen molar-refractivity contribution in [3.05, 3.63) is 157 Å². The van der Waals surface area contributed by atoms with E-state index in [0.717, 1.165) is 39.2 Å². The van der Waals surface area contributed by atoms with Crippen molar-refractivity contribution in [2.24, 2.45) is 0 Å². The molecule has 0 bridgehead atoms. The highest BCUT2D eigenvalue weighted by Gasteiger charge is 2.48. The lowest BCUT2D eigenvalue weighted by atomic mass is 9.91. The lowest BCUT2D eigenvalue weighted by Crippen LogP contribution is -2.17. The maximum absolute atomic E-state index is 13.6. The highest BCUT2D eigenvalue weighted by atomic mass is 35.5. The van der Waals surface area contributed by atoms with Gasteiger partial charge in [-0.2, -0.15) is 0 Å². The molecule has 0 aromatic heterocycles. The summed E-state index contributed by atoms with van der Waals surface area (Å²) in [6.45, 7) is 0. The van der Waals surface area contributed by atoms with Crippen LogP contribution in [0.5, 0.6) is 11.5 Å². The van der Waals surface area contributed by atoms with Crippen LogP contribution in [0.15, 0.2) is 103 Å². The summed E-state index contributed by atoms with van der Waals surface area (Å²) in [7, 11) is 11.1. The zero-order valence-electron chi connectivity index (χ0n) is 29.4. The molecule has 0 aliphatic carbocycles. The molecular weight excluding hydrogens is 738 g/mol. The van der Waals surface area contributed by atoms with Gasteiger partial charge in [-0.15, -0.1) is 0 Å². The van der Waals surface area contributed by atoms with Crippen molar-refractivity contribution in [1.29, 1.82) is 0 Å². The van der Waals surface area contributed by atoms with E-state index in [-0.39, 0.29) is 26.2 Å². The van der Waals surface area contributed by atoms with Gasteiger partial charge >= 0.3 is 5.97 Å². The number of anilines is 2. The molecule has 0 fully saturated rings. The number of methoxy groups -OCH3 is 2. The second-order valence-corrected chi connectivity index (χ2v) is 14.3. The summed E-state index contributed by atoms with van der Waals surface area (Å²) in [6, 6.07) is 31.2. The van der Waals surface area contributed by atoms with Gasteiger partial charge in [-0.25, -0.2) is 4.79 Å². The molecule has 5 aromatic carbocycles. The van der Waals surface area contributed by atoms with Crippen LogP contribution >= 0.6 is 46.4 Å². The van der Waals surface area contributed by atoms with Crippen molar-refractivity contribution >= 4 is 81.0 Å². The Balaban J connectivity index is 1.58. The monoisotopic (exact) mass is 772 g/mol. The molecule has 6 rings (SSSR count). The van der Waals surface area contributed by atoms with Crippen molar-refractivity contribution in [3.8, 4) is 11.5 Å². The Morgan fingerprint density at radius 3 is 1.42 bits per heavy atom. The molecule has 0 spiro atoms. The Morgan fingerprint density at radius 2 is 1.02 bits per heavy atom. The lowest BCUT2D eigenvalue weighted by Gasteiger charge is -2.23. The number of carbonyl (C=O) groups excluding carboxylic acids is 1. The highest BCUT2D eigenvalue weighted by molar-refractivity contribution is 6.48. The van der Waals surface area contributed by atoms with Crippen molar-refractivity contribution in [2.45, 2.75) is 5.06 Å². The summed E-state index contributed by atoms with van der Waals surface area (Å²) in [5, 5.41) is -1.62. The van der Waals surface area contributed by atoms with E-state index < -0.39 is 11.0 Å². The first-order chi connectivity index (χ1) is 24.8. The number of fused-ring (bicyclic) bond motifs is 1. The van der Waals surface area contributed by atoms with Crippen molar-refractivity contribution in [1.82, 2.24) is 0 Å². The van der Waals surface area contributed by atoms with Gasteiger partial charge in [0.2, 0.25) is 5.06 Å². The molecule has 0 radical (unpaired) electrons. The number of esters is 1. The van der Waals surface area contributed by atoms with Crippen LogP contribution in [-0.4, -0.2) is 48.4 Å². The fraction of sp³-hybridized carbons (Fsp3) is 0.167. The number of benzene rings is 5. The van der Waals surface area contributed by atoms with Gasteiger partial charge in [0.1, 0.15) is 11.5 Å². The summed E-state index contributed by atoms with van der Waals surface area (Å²) >= 11 is 28.6. The summed E-state index contributed by atoms with van der Waals surface area (Å²) in [6.07, 6.45) is 3.55. The van der Waals surface area contributed by atoms with Gasteiger partial charge in [0, 0.05) is 45.1 Å². The minimum Gasteiger partial charge on any atom is -0.497 e. The standard InChI is InChI=1S/C42H36Cl4N2O4/c1-47(2)29-15-7-25(8-16-29)33(26-11-19-31(50-5)20-12-26)23-34-38(43)37-36(40(45)39(34)44)41(49)52-42(37,46)24-35(28-13-21-32(51-6)22-14-28)27-9-17-30(18-10-27)48(3)4/h7-24H,1-6H3. The van der Waals surface area contributed by atoms with Gasteiger partial charge in [0.25, 0.3) is 0 Å². The second-order valence-electron chi connectivity index (χ2n) is 12.6. The van der Waals surface area contributed by atoms with Crippen LogP contribution in [-0.2, 0) is 9.80 Å². The number of cyclic esters (lactones) is 1. The number of halogens is 4. The molecule has 0 saturated carbocycles. The number of carbonyl (C=O) groups is 1. The van der Waals surface area contributed by atoms with Crippen molar-refractivity contribution in [3.63, 3.8) is 0 Å². The molecule has 1 aliphatic heterocycles. The molecule has 0 amide bonds. The molecule has 5 aromatic rings. The maximum atomic E-state index is 13.6. The number of rotatable bonds is 10. The van der Waals surface area contributed by atoms with Crippen LogP contribution in [0.2, 0.25) is 15.1 Å². The molecule has 0 saturated heterocycles. The topological polar surface area (TPSA) is 51.2 Å². The maximum Gasteiger partial charge on any atom is 0.342 e. The van der Waals surface area contributed by atoms with Gasteiger partial charge in [-0.3, -0.25) is 0 Å². The zero-order valence-corrected chi connectivity index (χ0v) is 32.5. The minimum absolute atomic E-state index is 0.00777. The fourth-order valence-electron chi connectivity index (χ4n) is 6.07. The molecule has 1 heterocycles. The van der Waals surface area contributed by atoms with Crippen LogP contribution in [0, 0.1) is 0 Å². The van der Waals surface area contributed by atoms with Gasteiger partial charge in [0.15, 0.2) is 0 Å². The summed E-state index contributed by atoms with van der Waals surface area (Å²) < 4.78 is 16.8. The first-order valence-electron chi connectivity index (χ1n) is 16.3. The Bertz CT molecular complexity index is 2180. The Labute approximate surface area is 324 Å². The molecule has 52 heavy (non-hydrogen) atoms. The number of hydrogen-bond acceptors (Lipinski definition) is 6. The predicted molar refractivity (Wildman–Crippen MR) is 216 cm³/mol. The van der Waals surface area contributed by atoms with Crippen LogP contribution in [0.3, 0.4) is 0 Å². The third kappa shape index (κ3) is 7.22. The van der Waals surface area contributed by atoms with Crippen LogP contribution in [0.4, 0.5) is 11.4 Å². The first kappa shape index (κ1) is 37.2. The van der Waals surface area contributed by atoms with E-state index in [4.69, 9.17) is 60.6 Å². The summed E-state index contributed by atoms with van der Waals surface area (Å²) in [4.78, 5) is 17.6. The van der Waals surface area contributed by atoms with E-state index >= 15 is 0 Å². The van der Waals surface area contributed by atoms with Crippen LogP contribution in [0.1, 0.15) is 43.7 Å². The fourth-order valence-corrected chi connectivity index (χ4v) is 7.44. The number of nitrogens with zero attached hydrogens (tertiary/aromatic N) is 2. The molecule has 6 nitrogen and oxygen atoms in total. The lowest BCUT2D eigenvalue weighted by molar-refractivity contribution is 0.0384. The zero-order chi connectivity index (χ0) is 37.3. The SMILES string of the molecule is COc1ccc(C(=Cc2c(Cl)c(Cl)c3c(c2Cl)C(Cl)(C=C(c2ccc(OC)cc2)c2ccc(N(C)C)cc2)OC3=O)c2ccc(N(C)C)cc2)cc1. The molecule has 1 atom stereocenters. The number of ether oxygens (including phenoxy) is 3. The quantitative estimate of drug-likeness (QED) is 0.0610. The van der Waals surface area contributed by atoms with E-state index in [0.29, 0.717) is 22.6 Å². The Hall–Kier alpha value is -4.59. The second kappa shape index (κ2) is 15.2. The average Bonchev–Trinajstić information content (AvgIpc) is 3.42. The Kier molecular flexibility index (Phi) is 10.8. The van der Waals surface area contributed by atoms with E-state index in [2.05, 4.69) is 0 Å². The summed E-state index contributed by atoms with van der Waals surface area (Å²) in [5.74, 6) is 0.660. The summed E-state index contributed by atoms with van der Waals surface area (Å²) in [5.41, 5.74) is 7.55. The highest BCUT2D eigenvalue weighted by Crippen LogP contribution is 2.53. The molecule has 10 heteroatoms. The van der Waals surface area contributed by atoms with Crippen LogP contribution < -0.4 is 19.3 Å². The average molecular weight is 775 g/mol. The van der Waals surface area contributed by atoms with Gasteiger partial charge in [-0.1, -0.05) is 94.9 Å². The predicted octanol–water partition coefficient (Wildman–Crippen LogP) is 11.1. The van der Waals surface area contributed by atoms with Crippen molar-refractivity contribution in [2.75, 3.05) is 52.2 Å². The molecule has 0 N–H and O–H groups in total. The van der Waals surface area contributed by atoms with Crippen molar-refractivity contribution < 1.29 is 19.0 Å². The van der Waals surface area contributed by atoms with Gasteiger partial charge in [0.05, 0.1) is 40.4 Å². The van der Waals surface area contributed by atoms with Crippen LogP contribution in [0.25, 0.3) is 17.2 Å². The molecule has 266 valence electrons. The van der Waals surface area contributed by atoms with E-state index in [1.54, 1.807) is 20.3 Å². The first-order valence-corrected chi connectivity index (χ1v) is 17.8. The Morgan fingerprint density at radius 1 is 0.615 bits per heavy atom. The largest absolute Gasteiger partial charge is 0.497 e. The smallest absolute Gasteiger partial charge is 0.342 e. The molecular formula is C42H36Cl4N2O4. The minimum atomic E-state index is -1.84. The third-order valence-electron chi connectivity index (χ3n) is 8.95. The van der Waals surface area contributed by atoms with E-state index in [1.165, 1.54) is 0 Å². The van der Waals surface area contributed by atoms with Gasteiger partial charge < -0.3 is 24.0 Å². The van der Waals surface area contributed by atoms with Gasteiger partial charge in [-0.05, 0) is 94.1 Å². The van der Waals surface area contributed by atoms with E-state index in [9.17, 15) is 4.79 Å². The normalized spacial score (nSPS) is 15.6. The molecule has 1 unspecified atom stereocenters. The van der Waals surface area contributed by atoms with E-state index in [1.807, 2.05) is 141 Å². The molecule has 1 aliphatic rings. The third-order valence-corrected chi connectivity index (χ3v) is 10.6.